The molecule has 3 unspecified atom stereocenters. The van der Waals surface area contributed by atoms with Gasteiger partial charge in [-0.2, -0.15) is 0 Å². The summed E-state index contributed by atoms with van der Waals surface area (Å²) < 4.78 is 5.28. The van der Waals surface area contributed by atoms with E-state index >= 15 is 0 Å². The van der Waals surface area contributed by atoms with Gasteiger partial charge in [0.25, 0.3) is 0 Å². The lowest BCUT2D eigenvalue weighted by atomic mass is 9.84. The van der Waals surface area contributed by atoms with Crippen LogP contribution in [0.25, 0.3) is 0 Å². The third kappa shape index (κ3) is 2.90. The Morgan fingerprint density at radius 3 is 2.95 bits per heavy atom. The van der Waals surface area contributed by atoms with E-state index in [1.165, 1.54) is 0 Å². The first-order valence-electron chi connectivity index (χ1n) is 6.85. The number of nitrogens with two attached hydrogens (primary N) is 1. The van der Waals surface area contributed by atoms with Crippen molar-refractivity contribution in [3.8, 4) is 0 Å². The molecule has 2 aliphatic heterocycles. The maximum atomic E-state index is 12.3. The van der Waals surface area contributed by atoms with Gasteiger partial charge in [-0.25, -0.2) is 0 Å². The molecule has 108 valence electrons. The molecule has 2 saturated heterocycles. The summed E-state index contributed by atoms with van der Waals surface area (Å²) in [4.78, 5) is 25.6. The van der Waals surface area contributed by atoms with Crippen LogP contribution in [0, 0.1) is 5.41 Å². The highest BCUT2D eigenvalue weighted by atomic mass is 16.5. The molecular formula is C13H23N3O3. The molecule has 0 aromatic heterocycles. The van der Waals surface area contributed by atoms with Crippen LogP contribution in [0.4, 0.5) is 0 Å². The highest BCUT2D eigenvalue weighted by Crippen LogP contribution is 2.27. The highest BCUT2D eigenvalue weighted by Gasteiger charge is 2.44. The second kappa shape index (κ2) is 5.46. The number of carbonyl (C=O) groups is 2. The normalized spacial score (nSPS) is 32.7. The Kier molecular flexibility index (Phi) is 4.10. The van der Waals surface area contributed by atoms with E-state index in [0.717, 1.165) is 13.0 Å². The minimum atomic E-state index is -0.663. The van der Waals surface area contributed by atoms with Gasteiger partial charge < -0.3 is 20.7 Å². The van der Waals surface area contributed by atoms with Gasteiger partial charge in [0.15, 0.2) is 0 Å². The number of nitrogens with one attached hydrogen (secondary N) is 1. The molecule has 2 rings (SSSR count). The monoisotopic (exact) mass is 269 g/mol. The fourth-order valence-corrected chi connectivity index (χ4v) is 2.58. The number of amides is 2. The summed E-state index contributed by atoms with van der Waals surface area (Å²) in [6.45, 7) is 5.87. The summed E-state index contributed by atoms with van der Waals surface area (Å²) in [6, 6.07) is -0.340. The number of hydrogen-bond donors (Lipinski definition) is 2. The van der Waals surface area contributed by atoms with Crippen LogP contribution in [0.1, 0.15) is 26.7 Å². The van der Waals surface area contributed by atoms with Crippen molar-refractivity contribution in [2.75, 3.05) is 26.3 Å². The Morgan fingerprint density at radius 2 is 2.42 bits per heavy atom. The second-order valence-electron chi connectivity index (χ2n) is 5.86. The molecule has 2 aliphatic rings. The van der Waals surface area contributed by atoms with Crippen LogP contribution in [0.15, 0.2) is 0 Å². The Labute approximate surface area is 113 Å². The first-order valence-corrected chi connectivity index (χ1v) is 6.85. The molecule has 0 radical (unpaired) electrons. The van der Waals surface area contributed by atoms with Crippen LogP contribution >= 0.6 is 0 Å². The van der Waals surface area contributed by atoms with Gasteiger partial charge in [0.1, 0.15) is 0 Å². The summed E-state index contributed by atoms with van der Waals surface area (Å²) in [5.74, 6) is 0.0878. The van der Waals surface area contributed by atoms with Gasteiger partial charge in [0.05, 0.1) is 18.6 Å². The van der Waals surface area contributed by atoms with Crippen LogP contribution in [-0.2, 0) is 14.3 Å². The summed E-state index contributed by atoms with van der Waals surface area (Å²) in [6.07, 6.45) is 1.53. The van der Waals surface area contributed by atoms with E-state index in [2.05, 4.69) is 5.32 Å². The van der Waals surface area contributed by atoms with Gasteiger partial charge >= 0.3 is 0 Å². The number of rotatable bonds is 4. The zero-order chi connectivity index (χ0) is 14.0. The first kappa shape index (κ1) is 14.3. The van der Waals surface area contributed by atoms with Crippen LogP contribution in [0.3, 0.4) is 0 Å². The van der Waals surface area contributed by atoms with Crippen molar-refractivity contribution in [1.29, 1.82) is 0 Å². The molecule has 0 spiro atoms. The van der Waals surface area contributed by atoms with Gasteiger partial charge in [-0.15, -0.1) is 0 Å². The average Bonchev–Trinajstić information content (AvgIpc) is 2.88. The quantitative estimate of drug-likeness (QED) is 0.719. The van der Waals surface area contributed by atoms with Crippen LogP contribution in [-0.4, -0.2) is 55.1 Å². The number of likely N-dealkylation sites (tertiary alicyclic amines) is 1. The minimum Gasteiger partial charge on any atom is -0.379 e. The fourth-order valence-electron chi connectivity index (χ4n) is 2.58. The lowest BCUT2D eigenvalue weighted by Gasteiger charge is -2.29. The summed E-state index contributed by atoms with van der Waals surface area (Å²) in [5.41, 5.74) is 5.26. The predicted octanol–water partition coefficient (Wildman–Crippen LogP) is -0.523. The maximum Gasteiger partial charge on any atom is 0.230 e. The van der Waals surface area contributed by atoms with Crippen molar-refractivity contribution in [1.82, 2.24) is 10.2 Å². The SMILES string of the molecule is CC(CN1CCCC1=O)NC(=O)C1(C)COCC1N. The smallest absolute Gasteiger partial charge is 0.230 e. The van der Waals surface area contributed by atoms with E-state index in [9.17, 15) is 9.59 Å². The zero-order valence-corrected chi connectivity index (χ0v) is 11.6. The molecule has 2 fully saturated rings. The molecule has 19 heavy (non-hydrogen) atoms. The number of ether oxygens (including phenoxy) is 1. The molecule has 0 saturated carbocycles. The Balaban J connectivity index is 1.86. The molecule has 2 amide bonds. The highest BCUT2D eigenvalue weighted by molar-refractivity contribution is 5.84. The Bertz CT molecular complexity index is 374. The van der Waals surface area contributed by atoms with E-state index < -0.39 is 5.41 Å². The van der Waals surface area contributed by atoms with E-state index in [4.69, 9.17) is 10.5 Å². The Hall–Kier alpha value is -1.14. The molecule has 3 N–H and O–H groups in total. The van der Waals surface area contributed by atoms with Crippen molar-refractivity contribution in [2.24, 2.45) is 11.1 Å². The minimum absolute atomic E-state index is 0.0702. The summed E-state index contributed by atoms with van der Waals surface area (Å²) in [5, 5.41) is 2.95. The van der Waals surface area contributed by atoms with Crippen molar-refractivity contribution >= 4 is 11.8 Å². The maximum absolute atomic E-state index is 12.3. The lowest BCUT2D eigenvalue weighted by molar-refractivity contribution is -0.133. The summed E-state index contributed by atoms with van der Waals surface area (Å²) in [7, 11) is 0. The molecule has 3 atom stereocenters. The topological polar surface area (TPSA) is 84.7 Å². The van der Waals surface area contributed by atoms with Gasteiger partial charge in [-0.3, -0.25) is 9.59 Å². The zero-order valence-electron chi connectivity index (χ0n) is 11.6. The van der Waals surface area contributed by atoms with Gasteiger partial charge in [-0.1, -0.05) is 0 Å². The first-order chi connectivity index (χ1) is 8.93. The van der Waals surface area contributed by atoms with E-state index in [1.54, 1.807) is 4.90 Å². The molecule has 0 aromatic carbocycles. The van der Waals surface area contributed by atoms with E-state index in [-0.39, 0.29) is 23.9 Å². The second-order valence-corrected chi connectivity index (χ2v) is 5.86. The molecule has 0 bridgehead atoms. The number of carbonyl (C=O) groups excluding carboxylic acids is 2. The van der Waals surface area contributed by atoms with E-state index in [0.29, 0.717) is 26.2 Å². The van der Waals surface area contributed by atoms with Crippen molar-refractivity contribution in [2.45, 2.75) is 38.8 Å². The molecule has 0 aromatic rings. The van der Waals surface area contributed by atoms with Crippen LogP contribution < -0.4 is 11.1 Å². The van der Waals surface area contributed by atoms with Gasteiger partial charge in [-0.05, 0) is 20.3 Å². The van der Waals surface area contributed by atoms with E-state index in [1.807, 2.05) is 13.8 Å². The fraction of sp³-hybridized carbons (Fsp3) is 0.846. The summed E-state index contributed by atoms with van der Waals surface area (Å²) >= 11 is 0. The van der Waals surface area contributed by atoms with Crippen molar-refractivity contribution in [3.63, 3.8) is 0 Å². The van der Waals surface area contributed by atoms with Crippen molar-refractivity contribution in [3.05, 3.63) is 0 Å². The standard InChI is InChI=1S/C13H23N3O3/c1-9(6-16-5-3-4-11(16)17)15-12(18)13(2)8-19-7-10(13)14/h9-10H,3-8,14H2,1-2H3,(H,15,18). The molecule has 2 heterocycles. The predicted molar refractivity (Wildman–Crippen MR) is 70.3 cm³/mol. The average molecular weight is 269 g/mol. The number of hydrogen-bond acceptors (Lipinski definition) is 4. The van der Waals surface area contributed by atoms with Gasteiger partial charge in [0, 0.05) is 31.6 Å². The molecule has 6 nitrogen and oxygen atoms in total. The third-order valence-corrected chi connectivity index (χ3v) is 4.08. The largest absolute Gasteiger partial charge is 0.379 e. The van der Waals surface area contributed by atoms with Crippen molar-refractivity contribution < 1.29 is 14.3 Å². The third-order valence-electron chi connectivity index (χ3n) is 4.08. The molecular weight excluding hydrogens is 246 g/mol. The lowest BCUT2D eigenvalue weighted by Crippen LogP contribution is -2.53. The Morgan fingerprint density at radius 1 is 1.68 bits per heavy atom. The number of nitrogens with zero attached hydrogens (tertiary/aromatic N) is 1. The van der Waals surface area contributed by atoms with Crippen LogP contribution in [0.5, 0.6) is 0 Å². The van der Waals surface area contributed by atoms with Gasteiger partial charge in [0.2, 0.25) is 11.8 Å². The molecule has 0 aliphatic carbocycles. The molecule has 6 heteroatoms. The van der Waals surface area contributed by atoms with Crippen LogP contribution in [0.2, 0.25) is 0 Å².